The molecule has 112 valence electrons. The van der Waals surface area contributed by atoms with Crippen molar-refractivity contribution in [2.24, 2.45) is 0 Å². The quantitative estimate of drug-likeness (QED) is 0.806. The molecule has 0 aliphatic carbocycles. The van der Waals surface area contributed by atoms with Gasteiger partial charge < -0.3 is 5.11 Å². The highest BCUT2D eigenvalue weighted by Crippen LogP contribution is 2.13. The third-order valence-corrected chi connectivity index (χ3v) is 3.71. The minimum absolute atomic E-state index is 0.0431. The lowest BCUT2D eigenvalue weighted by molar-refractivity contribution is -0.137. The summed E-state index contributed by atoms with van der Waals surface area (Å²) >= 11 is 0. The van der Waals surface area contributed by atoms with Crippen molar-refractivity contribution in [3.05, 3.63) is 29.8 Å². The SMILES string of the molecule is Cc1cc(C)nc(NS(=O)(=O)c2cnn(CC(=O)O)c2)n1. The van der Waals surface area contributed by atoms with Gasteiger partial charge in [-0.3, -0.25) is 9.48 Å². The number of hydrogen-bond acceptors (Lipinski definition) is 6. The van der Waals surface area contributed by atoms with Crippen LogP contribution in [0.25, 0.3) is 0 Å². The van der Waals surface area contributed by atoms with Crippen molar-refractivity contribution >= 4 is 21.9 Å². The van der Waals surface area contributed by atoms with E-state index in [1.54, 1.807) is 19.9 Å². The number of hydrogen-bond donors (Lipinski definition) is 2. The Morgan fingerprint density at radius 2 is 1.95 bits per heavy atom. The van der Waals surface area contributed by atoms with Gasteiger partial charge in [-0.05, 0) is 19.9 Å². The van der Waals surface area contributed by atoms with Crippen molar-refractivity contribution < 1.29 is 18.3 Å². The Bertz CT molecular complexity index is 763. The van der Waals surface area contributed by atoms with Crippen molar-refractivity contribution in [2.75, 3.05) is 4.72 Å². The summed E-state index contributed by atoms with van der Waals surface area (Å²) in [5, 5.41) is 12.3. The molecule has 0 amide bonds. The largest absolute Gasteiger partial charge is 0.480 e. The normalized spacial score (nSPS) is 11.3. The summed E-state index contributed by atoms with van der Waals surface area (Å²) in [6.45, 7) is 3.02. The minimum atomic E-state index is -3.91. The summed E-state index contributed by atoms with van der Waals surface area (Å²) in [5.41, 5.74) is 1.25. The van der Waals surface area contributed by atoms with Crippen molar-refractivity contribution in [1.82, 2.24) is 19.7 Å². The van der Waals surface area contributed by atoms with Gasteiger partial charge in [0.1, 0.15) is 11.4 Å². The van der Waals surface area contributed by atoms with Gasteiger partial charge in [-0.1, -0.05) is 0 Å². The molecule has 0 saturated heterocycles. The summed E-state index contributed by atoms with van der Waals surface area (Å²) in [6, 6.07) is 1.71. The van der Waals surface area contributed by atoms with E-state index in [4.69, 9.17) is 5.11 Å². The predicted octanol–water partition coefficient (Wildman–Crippen LogP) is 0.175. The monoisotopic (exact) mass is 311 g/mol. The van der Waals surface area contributed by atoms with Crippen LogP contribution in [-0.4, -0.2) is 39.2 Å². The van der Waals surface area contributed by atoms with Crippen LogP contribution in [0.2, 0.25) is 0 Å². The number of aryl methyl sites for hydroxylation is 2. The number of carbonyl (C=O) groups is 1. The summed E-state index contributed by atoms with van der Waals surface area (Å²) in [5.74, 6) is -1.16. The Kier molecular flexibility index (Phi) is 3.89. The molecule has 0 bridgehead atoms. The van der Waals surface area contributed by atoms with Crippen molar-refractivity contribution in [3.63, 3.8) is 0 Å². The van der Waals surface area contributed by atoms with Crippen molar-refractivity contribution in [1.29, 1.82) is 0 Å². The van der Waals surface area contributed by atoms with Gasteiger partial charge in [0.2, 0.25) is 5.95 Å². The van der Waals surface area contributed by atoms with Crippen LogP contribution in [0.3, 0.4) is 0 Å². The summed E-state index contributed by atoms with van der Waals surface area (Å²) in [4.78, 5) is 18.3. The second-order valence-electron chi connectivity index (χ2n) is 4.35. The molecule has 9 nitrogen and oxygen atoms in total. The molecule has 2 aromatic rings. The van der Waals surface area contributed by atoms with Gasteiger partial charge in [-0.15, -0.1) is 0 Å². The van der Waals surface area contributed by atoms with E-state index in [1.165, 1.54) is 0 Å². The third kappa shape index (κ3) is 3.75. The van der Waals surface area contributed by atoms with Crippen LogP contribution in [-0.2, 0) is 21.4 Å². The molecule has 0 radical (unpaired) electrons. The van der Waals surface area contributed by atoms with E-state index in [2.05, 4.69) is 19.8 Å². The van der Waals surface area contributed by atoms with Gasteiger partial charge >= 0.3 is 5.97 Å². The van der Waals surface area contributed by atoms with Crippen LogP contribution in [0.4, 0.5) is 5.95 Å². The van der Waals surface area contributed by atoms with Crippen LogP contribution in [0.5, 0.6) is 0 Å². The highest BCUT2D eigenvalue weighted by Gasteiger charge is 2.18. The second-order valence-corrected chi connectivity index (χ2v) is 6.03. The fraction of sp³-hybridized carbons (Fsp3) is 0.273. The first kappa shape index (κ1) is 14.9. The number of rotatable bonds is 5. The first-order valence-electron chi connectivity index (χ1n) is 5.85. The Hall–Kier alpha value is -2.49. The topological polar surface area (TPSA) is 127 Å². The molecule has 2 heterocycles. The van der Waals surface area contributed by atoms with Gasteiger partial charge in [0.15, 0.2) is 0 Å². The number of nitrogens with zero attached hydrogens (tertiary/aromatic N) is 4. The zero-order chi connectivity index (χ0) is 15.6. The summed E-state index contributed by atoms with van der Waals surface area (Å²) in [7, 11) is -3.91. The maximum atomic E-state index is 12.1. The zero-order valence-corrected chi connectivity index (χ0v) is 12.1. The zero-order valence-electron chi connectivity index (χ0n) is 11.3. The molecule has 21 heavy (non-hydrogen) atoms. The standard InChI is InChI=1S/C11H13N5O4S/c1-7-3-8(2)14-11(13-7)15-21(19,20)9-4-12-16(5-9)6-10(17)18/h3-5H,6H2,1-2H3,(H,17,18)(H,13,14,15). The van der Waals surface area contributed by atoms with Crippen LogP contribution < -0.4 is 4.72 Å². The highest BCUT2D eigenvalue weighted by molar-refractivity contribution is 7.92. The number of aliphatic carboxylic acids is 1. The van der Waals surface area contributed by atoms with E-state index in [0.29, 0.717) is 11.4 Å². The molecule has 0 aromatic carbocycles. The van der Waals surface area contributed by atoms with Gasteiger partial charge in [0, 0.05) is 17.6 Å². The fourth-order valence-electron chi connectivity index (χ4n) is 1.66. The average Bonchev–Trinajstić information content (AvgIpc) is 2.74. The molecule has 0 atom stereocenters. The molecule has 0 saturated carbocycles. The molecular weight excluding hydrogens is 298 g/mol. The Morgan fingerprint density at radius 3 is 2.52 bits per heavy atom. The van der Waals surface area contributed by atoms with Crippen LogP contribution in [0, 0.1) is 13.8 Å². The maximum Gasteiger partial charge on any atom is 0.325 e. The molecule has 0 aliphatic rings. The molecule has 0 unspecified atom stereocenters. The van der Waals surface area contributed by atoms with E-state index in [9.17, 15) is 13.2 Å². The first-order chi connectivity index (χ1) is 9.76. The number of sulfonamides is 1. The molecule has 10 heteroatoms. The minimum Gasteiger partial charge on any atom is -0.480 e. The van der Waals surface area contributed by atoms with Crippen LogP contribution in [0.15, 0.2) is 23.4 Å². The van der Waals surface area contributed by atoms with Crippen LogP contribution >= 0.6 is 0 Å². The number of nitrogens with one attached hydrogen (secondary N) is 1. The number of aromatic nitrogens is 4. The van der Waals surface area contributed by atoms with Crippen molar-refractivity contribution in [3.8, 4) is 0 Å². The third-order valence-electron chi connectivity index (χ3n) is 2.43. The molecule has 0 fully saturated rings. The number of carboxylic acids is 1. The smallest absolute Gasteiger partial charge is 0.325 e. The lowest BCUT2D eigenvalue weighted by atomic mass is 10.4. The molecular formula is C11H13N5O4S. The lowest BCUT2D eigenvalue weighted by Crippen LogP contribution is -2.15. The van der Waals surface area contributed by atoms with E-state index < -0.39 is 22.5 Å². The Morgan fingerprint density at radius 1 is 1.33 bits per heavy atom. The van der Waals surface area contributed by atoms with Gasteiger partial charge in [0.05, 0.1) is 6.20 Å². The molecule has 0 spiro atoms. The van der Waals surface area contributed by atoms with Gasteiger partial charge in [-0.25, -0.2) is 23.1 Å². The first-order valence-corrected chi connectivity index (χ1v) is 7.34. The van der Waals surface area contributed by atoms with Gasteiger partial charge in [-0.2, -0.15) is 5.10 Å². The lowest BCUT2D eigenvalue weighted by Gasteiger charge is -2.06. The molecule has 2 rings (SSSR count). The van der Waals surface area contributed by atoms with E-state index in [1.807, 2.05) is 0 Å². The molecule has 2 N–H and O–H groups in total. The summed E-state index contributed by atoms with van der Waals surface area (Å²) in [6.07, 6.45) is 2.19. The van der Waals surface area contributed by atoms with Crippen molar-refractivity contribution in [2.45, 2.75) is 25.3 Å². The predicted molar refractivity (Wildman–Crippen MR) is 72.2 cm³/mol. The Balaban J connectivity index is 2.25. The van der Waals surface area contributed by atoms with Gasteiger partial charge in [0.25, 0.3) is 10.0 Å². The fourth-order valence-corrected chi connectivity index (χ4v) is 2.55. The highest BCUT2D eigenvalue weighted by atomic mass is 32.2. The van der Waals surface area contributed by atoms with E-state index >= 15 is 0 Å². The maximum absolute atomic E-state index is 12.1. The number of carboxylic acid groups (broad SMARTS) is 1. The second kappa shape index (κ2) is 5.48. The van der Waals surface area contributed by atoms with E-state index in [0.717, 1.165) is 17.1 Å². The molecule has 0 aliphatic heterocycles. The summed E-state index contributed by atoms with van der Waals surface area (Å²) < 4.78 is 27.5. The Labute approximate surface area is 120 Å². The average molecular weight is 311 g/mol. The number of anilines is 1. The molecule has 2 aromatic heterocycles. The van der Waals surface area contributed by atoms with Crippen LogP contribution in [0.1, 0.15) is 11.4 Å². The van der Waals surface area contributed by atoms with E-state index in [-0.39, 0.29) is 10.8 Å².